The number of esters is 1. The summed E-state index contributed by atoms with van der Waals surface area (Å²) in [6.07, 6.45) is 1.56. The third kappa shape index (κ3) is 4.64. The van der Waals surface area contributed by atoms with Crippen LogP contribution in [0.1, 0.15) is 26.7 Å². The largest absolute Gasteiger partial charge is 0.490 e. The van der Waals surface area contributed by atoms with Crippen LogP contribution in [-0.2, 0) is 26.1 Å². The van der Waals surface area contributed by atoms with Gasteiger partial charge < -0.3 is 19.8 Å². The van der Waals surface area contributed by atoms with Crippen molar-refractivity contribution in [1.82, 2.24) is 4.57 Å². The minimum Gasteiger partial charge on any atom is -0.490 e. The molecule has 9 heteroatoms. The summed E-state index contributed by atoms with van der Waals surface area (Å²) in [5.74, 6) is 0.528. The van der Waals surface area contributed by atoms with Crippen LogP contribution in [0.5, 0.6) is 5.75 Å². The minimum atomic E-state index is -3.22. The van der Waals surface area contributed by atoms with Crippen molar-refractivity contribution in [2.75, 3.05) is 35.6 Å². The number of hydrogen-bond donors (Lipinski definition) is 1. The summed E-state index contributed by atoms with van der Waals surface area (Å²) < 4.78 is 38.8. The van der Waals surface area contributed by atoms with E-state index in [2.05, 4.69) is 11.5 Å². The highest BCUT2D eigenvalue weighted by Crippen LogP contribution is 2.38. The molecule has 176 valence electrons. The Morgan fingerprint density at radius 3 is 2.52 bits per heavy atom. The lowest BCUT2D eigenvalue weighted by Crippen LogP contribution is -2.24. The van der Waals surface area contributed by atoms with Crippen molar-refractivity contribution in [2.45, 2.75) is 33.2 Å². The van der Waals surface area contributed by atoms with Gasteiger partial charge in [0.15, 0.2) is 0 Å². The van der Waals surface area contributed by atoms with Gasteiger partial charge >= 0.3 is 5.97 Å². The van der Waals surface area contributed by atoms with Gasteiger partial charge in [0.05, 0.1) is 28.3 Å². The number of sulfonamides is 1. The fourth-order valence-corrected chi connectivity index (χ4v) is 5.84. The molecular formula is C24H29N3O5S. The van der Waals surface area contributed by atoms with Gasteiger partial charge in [0, 0.05) is 37.0 Å². The first-order valence-corrected chi connectivity index (χ1v) is 12.7. The van der Waals surface area contributed by atoms with Crippen LogP contribution in [0.2, 0.25) is 0 Å². The number of nitrogen functional groups attached to an aromatic ring is 1. The Bertz CT molecular complexity index is 1270. The molecule has 33 heavy (non-hydrogen) atoms. The molecule has 0 atom stereocenters. The Labute approximate surface area is 193 Å². The van der Waals surface area contributed by atoms with E-state index in [1.165, 1.54) is 11.2 Å². The maximum absolute atomic E-state index is 12.3. The molecule has 3 aromatic rings. The first-order chi connectivity index (χ1) is 15.8. The van der Waals surface area contributed by atoms with Crippen molar-refractivity contribution in [3.05, 3.63) is 42.5 Å². The number of rotatable bonds is 8. The highest BCUT2D eigenvalue weighted by molar-refractivity contribution is 7.93. The standard InChI is InChI=1S/C24H29N3O5S/c1-3-11-26-22-16-20(32-14-13-31-17(2)28)9-10-21(22)23(25)24(26)18-5-7-19(8-6-18)27-12-4-15-33(27,29)30/h5-10,16H,3-4,11-15,25H2,1-2H3. The molecule has 0 saturated carbocycles. The Balaban J connectivity index is 1.67. The summed E-state index contributed by atoms with van der Waals surface area (Å²) in [5.41, 5.74) is 10.7. The molecule has 0 bridgehead atoms. The molecule has 0 unspecified atom stereocenters. The van der Waals surface area contributed by atoms with Crippen LogP contribution >= 0.6 is 0 Å². The zero-order valence-electron chi connectivity index (χ0n) is 18.9. The molecule has 0 spiro atoms. The van der Waals surface area contributed by atoms with Gasteiger partial charge in [-0.1, -0.05) is 19.1 Å². The molecule has 8 nitrogen and oxygen atoms in total. The average Bonchev–Trinajstić information content (AvgIpc) is 3.27. The maximum Gasteiger partial charge on any atom is 0.302 e. The lowest BCUT2D eigenvalue weighted by molar-refractivity contribution is -0.141. The van der Waals surface area contributed by atoms with E-state index >= 15 is 0 Å². The number of ether oxygens (including phenoxy) is 2. The third-order valence-corrected chi connectivity index (χ3v) is 7.58. The number of anilines is 2. The fourth-order valence-electron chi connectivity index (χ4n) is 4.27. The van der Waals surface area contributed by atoms with Gasteiger partial charge in [-0.3, -0.25) is 9.10 Å². The van der Waals surface area contributed by atoms with Gasteiger partial charge in [-0.2, -0.15) is 0 Å². The fraction of sp³-hybridized carbons (Fsp3) is 0.375. The maximum atomic E-state index is 12.3. The molecule has 1 fully saturated rings. The summed E-state index contributed by atoms with van der Waals surface area (Å²) in [7, 11) is -3.22. The van der Waals surface area contributed by atoms with Gasteiger partial charge in [0.25, 0.3) is 0 Å². The zero-order valence-corrected chi connectivity index (χ0v) is 19.7. The van der Waals surface area contributed by atoms with Crippen molar-refractivity contribution >= 4 is 38.3 Å². The number of fused-ring (bicyclic) bond motifs is 1. The number of nitrogens with zero attached hydrogens (tertiary/aromatic N) is 2. The van der Waals surface area contributed by atoms with Gasteiger partial charge in [-0.15, -0.1) is 0 Å². The summed E-state index contributed by atoms with van der Waals surface area (Å²) >= 11 is 0. The molecular weight excluding hydrogens is 442 g/mol. The number of aryl methyl sites for hydroxylation is 1. The zero-order chi connectivity index (χ0) is 23.6. The molecule has 1 aliphatic heterocycles. The molecule has 4 rings (SSSR count). The van der Waals surface area contributed by atoms with E-state index in [4.69, 9.17) is 15.2 Å². The summed E-state index contributed by atoms with van der Waals surface area (Å²) in [6.45, 7) is 5.21. The Kier molecular flexibility index (Phi) is 6.51. The topological polar surface area (TPSA) is 104 Å². The Hall–Kier alpha value is -3.20. The normalized spacial score (nSPS) is 15.2. The van der Waals surface area contributed by atoms with Crippen molar-refractivity contribution in [1.29, 1.82) is 0 Å². The summed E-state index contributed by atoms with van der Waals surface area (Å²) in [4.78, 5) is 10.9. The van der Waals surface area contributed by atoms with E-state index < -0.39 is 10.0 Å². The minimum absolute atomic E-state index is 0.190. The third-order valence-electron chi connectivity index (χ3n) is 5.71. The van der Waals surface area contributed by atoms with Gasteiger partial charge in [0.1, 0.15) is 19.0 Å². The molecule has 1 aliphatic rings. The second-order valence-electron chi connectivity index (χ2n) is 8.07. The molecule has 1 saturated heterocycles. The van der Waals surface area contributed by atoms with Crippen molar-refractivity contribution in [2.24, 2.45) is 0 Å². The van der Waals surface area contributed by atoms with Gasteiger partial charge in [-0.25, -0.2) is 8.42 Å². The van der Waals surface area contributed by atoms with Crippen molar-refractivity contribution in [3.8, 4) is 17.0 Å². The van der Waals surface area contributed by atoms with Crippen LogP contribution in [0, 0.1) is 0 Å². The van der Waals surface area contributed by atoms with E-state index in [-0.39, 0.29) is 24.9 Å². The highest BCUT2D eigenvalue weighted by atomic mass is 32.2. The lowest BCUT2D eigenvalue weighted by atomic mass is 10.1. The van der Waals surface area contributed by atoms with E-state index in [1.807, 2.05) is 42.5 Å². The van der Waals surface area contributed by atoms with Crippen LogP contribution in [-0.4, -0.2) is 44.5 Å². The van der Waals surface area contributed by atoms with E-state index in [1.54, 1.807) is 0 Å². The SMILES string of the molecule is CCCn1c(-c2ccc(N3CCCS3(=O)=O)cc2)c(N)c2ccc(OCCOC(C)=O)cc21. The predicted octanol–water partition coefficient (Wildman–Crippen LogP) is 3.78. The molecule has 2 N–H and O–H groups in total. The first-order valence-electron chi connectivity index (χ1n) is 11.1. The summed E-state index contributed by atoms with van der Waals surface area (Å²) in [6, 6.07) is 13.3. The van der Waals surface area contributed by atoms with Gasteiger partial charge in [-0.05, 0) is 37.1 Å². The van der Waals surface area contributed by atoms with Gasteiger partial charge in [0.2, 0.25) is 10.0 Å². The van der Waals surface area contributed by atoms with E-state index in [0.717, 1.165) is 35.1 Å². The van der Waals surface area contributed by atoms with Crippen molar-refractivity contribution in [3.63, 3.8) is 0 Å². The van der Waals surface area contributed by atoms with Crippen LogP contribution in [0.4, 0.5) is 11.4 Å². The molecule has 0 aliphatic carbocycles. The van der Waals surface area contributed by atoms with E-state index in [0.29, 0.717) is 30.1 Å². The Morgan fingerprint density at radius 1 is 1.12 bits per heavy atom. The van der Waals surface area contributed by atoms with Crippen LogP contribution < -0.4 is 14.8 Å². The number of hydrogen-bond acceptors (Lipinski definition) is 6. The van der Waals surface area contributed by atoms with Crippen LogP contribution in [0.15, 0.2) is 42.5 Å². The molecule has 1 aromatic heterocycles. The highest BCUT2D eigenvalue weighted by Gasteiger charge is 2.28. The number of benzene rings is 2. The average molecular weight is 472 g/mol. The predicted molar refractivity (Wildman–Crippen MR) is 130 cm³/mol. The molecule has 2 heterocycles. The van der Waals surface area contributed by atoms with Crippen LogP contribution in [0.3, 0.4) is 0 Å². The number of nitrogens with two attached hydrogens (primary N) is 1. The lowest BCUT2D eigenvalue weighted by Gasteiger charge is -2.17. The second kappa shape index (κ2) is 9.35. The molecule has 2 aromatic carbocycles. The smallest absolute Gasteiger partial charge is 0.302 e. The van der Waals surface area contributed by atoms with Crippen LogP contribution in [0.25, 0.3) is 22.2 Å². The van der Waals surface area contributed by atoms with Crippen molar-refractivity contribution < 1.29 is 22.7 Å². The quantitative estimate of drug-likeness (QED) is 0.396. The Morgan fingerprint density at radius 2 is 1.88 bits per heavy atom. The van der Waals surface area contributed by atoms with E-state index in [9.17, 15) is 13.2 Å². The summed E-state index contributed by atoms with van der Waals surface area (Å²) in [5, 5.41) is 0.928. The molecule has 0 radical (unpaired) electrons. The molecule has 0 amide bonds. The number of carbonyl (C=O) groups excluding carboxylic acids is 1. The second-order valence-corrected chi connectivity index (χ2v) is 10.1. The monoisotopic (exact) mass is 471 g/mol. The first kappa shape index (κ1) is 23.0. The number of aromatic nitrogens is 1. The number of carbonyl (C=O) groups is 1.